The smallest absolute Gasteiger partial charge is 0.163 e. The number of aromatic nitrogens is 3. The van der Waals surface area contributed by atoms with Crippen LogP contribution in [0.5, 0.6) is 0 Å². The van der Waals surface area contributed by atoms with E-state index < -0.39 is 0 Å². The highest BCUT2D eigenvalue weighted by Gasteiger charge is 2.26. The summed E-state index contributed by atoms with van der Waals surface area (Å²) >= 11 is 0. The van der Waals surface area contributed by atoms with Crippen LogP contribution in [0.4, 0.5) is 0 Å². The fourth-order valence-corrected chi connectivity index (χ4v) is 4.64. The van der Waals surface area contributed by atoms with Crippen molar-refractivity contribution in [3.8, 4) is 28.2 Å². The molecule has 0 atom stereocenters. The molecule has 3 heteroatoms. The third-order valence-corrected chi connectivity index (χ3v) is 7.26. The Morgan fingerprint density at radius 2 is 1.54 bits per heavy atom. The third-order valence-electron chi connectivity index (χ3n) is 7.26. The summed E-state index contributed by atoms with van der Waals surface area (Å²) in [7, 11) is 0. The Morgan fingerprint density at radius 1 is 0.829 bits per heavy atom. The van der Waals surface area contributed by atoms with Gasteiger partial charge in [0.2, 0.25) is 0 Å². The summed E-state index contributed by atoms with van der Waals surface area (Å²) in [4.78, 5) is 4.97. The van der Waals surface area contributed by atoms with Crippen LogP contribution in [-0.4, -0.2) is 14.8 Å². The van der Waals surface area contributed by atoms with Crippen LogP contribution in [0.15, 0.2) is 66.7 Å². The maximum absolute atomic E-state index is 4.97. The van der Waals surface area contributed by atoms with Crippen LogP contribution in [0, 0.1) is 6.92 Å². The molecule has 0 saturated heterocycles. The molecule has 0 radical (unpaired) electrons. The molecule has 0 fully saturated rings. The molecule has 0 spiro atoms. The van der Waals surface area contributed by atoms with E-state index in [-0.39, 0.29) is 5.41 Å². The lowest BCUT2D eigenvalue weighted by Gasteiger charge is -2.28. The number of hydrogen-bond acceptors (Lipinski definition) is 2. The Kier molecular flexibility index (Phi) is 6.98. The van der Waals surface area contributed by atoms with Gasteiger partial charge in [-0.25, -0.2) is 9.67 Å². The SMILES string of the molecule is CCC(C)(C)c1cc(C(C)C)ccc1-c1nc(C)nn1-c1ccc(-c2ccccc2)cc1C(C)C. The highest BCUT2D eigenvalue weighted by molar-refractivity contribution is 5.69. The molecule has 0 aliphatic carbocycles. The highest BCUT2D eigenvalue weighted by Crippen LogP contribution is 2.38. The van der Waals surface area contributed by atoms with Crippen LogP contribution in [0.1, 0.15) is 89.2 Å². The minimum Gasteiger partial charge on any atom is -0.213 e. The molecule has 0 aliphatic heterocycles. The van der Waals surface area contributed by atoms with Gasteiger partial charge in [-0.3, -0.25) is 0 Å². The van der Waals surface area contributed by atoms with Crippen LogP contribution >= 0.6 is 0 Å². The number of nitrogens with zero attached hydrogens (tertiary/aromatic N) is 3. The Balaban J connectivity index is 1.93. The van der Waals surface area contributed by atoms with Crippen molar-refractivity contribution < 1.29 is 0 Å². The van der Waals surface area contributed by atoms with Crippen molar-refractivity contribution in [2.24, 2.45) is 0 Å². The molecule has 4 aromatic rings. The lowest BCUT2D eigenvalue weighted by atomic mass is 9.78. The molecular weight excluding hydrogens is 426 g/mol. The standard InChI is InChI=1S/C32H39N3/c1-9-32(7,8)29-20-25(21(2)3)15-17-27(29)31-33-23(6)34-35(31)30-18-16-26(19-28(30)22(4)5)24-13-11-10-12-14-24/h10-22H,9H2,1-8H3. The zero-order chi connectivity index (χ0) is 25.3. The first kappa shape index (κ1) is 24.9. The maximum Gasteiger partial charge on any atom is 0.163 e. The first-order valence-corrected chi connectivity index (χ1v) is 12.9. The second kappa shape index (κ2) is 9.81. The predicted octanol–water partition coefficient (Wildman–Crippen LogP) is 8.84. The van der Waals surface area contributed by atoms with Crippen molar-refractivity contribution in [1.82, 2.24) is 14.8 Å². The lowest BCUT2D eigenvalue weighted by Crippen LogP contribution is -2.18. The monoisotopic (exact) mass is 465 g/mol. The summed E-state index contributed by atoms with van der Waals surface area (Å²) in [6.07, 6.45) is 1.05. The van der Waals surface area contributed by atoms with Gasteiger partial charge in [-0.2, -0.15) is 5.10 Å². The van der Waals surface area contributed by atoms with Gasteiger partial charge in [-0.1, -0.05) is 103 Å². The van der Waals surface area contributed by atoms with Crippen molar-refractivity contribution in [2.75, 3.05) is 0 Å². The normalized spacial score (nSPS) is 12.1. The van der Waals surface area contributed by atoms with E-state index in [0.29, 0.717) is 11.8 Å². The number of rotatable bonds is 7. The molecule has 0 bridgehead atoms. The van der Waals surface area contributed by atoms with E-state index in [9.17, 15) is 0 Å². The molecular formula is C32H39N3. The van der Waals surface area contributed by atoms with Gasteiger partial charge < -0.3 is 0 Å². The van der Waals surface area contributed by atoms with Gasteiger partial charge >= 0.3 is 0 Å². The number of benzene rings is 3. The molecule has 3 nitrogen and oxygen atoms in total. The van der Waals surface area contributed by atoms with E-state index in [4.69, 9.17) is 10.1 Å². The molecule has 0 saturated carbocycles. The van der Waals surface area contributed by atoms with E-state index >= 15 is 0 Å². The van der Waals surface area contributed by atoms with Gasteiger partial charge in [0.15, 0.2) is 5.82 Å². The van der Waals surface area contributed by atoms with E-state index in [1.54, 1.807) is 0 Å². The Hall–Kier alpha value is -3.20. The average molecular weight is 466 g/mol. The summed E-state index contributed by atoms with van der Waals surface area (Å²) in [5, 5.41) is 4.91. The highest BCUT2D eigenvalue weighted by atomic mass is 15.4. The number of hydrogen-bond donors (Lipinski definition) is 0. The van der Waals surface area contributed by atoms with Crippen molar-refractivity contribution >= 4 is 0 Å². The van der Waals surface area contributed by atoms with Crippen LogP contribution in [0.25, 0.3) is 28.2 Å². The van der Waals surface area contributed by atoms with E-state index in [0.717, 1.165) is 23.8 Å². The van der Waals surface area contributed by atoms with E-state index in [1.807, 2.05) is 6.92 Å². The Morgan fingerprint density at radius 3 is 2.17 bits per heavy atom. The predicted molar refractivity (Wildman–Crippen MR) is 148 cm³/mol. The quantitative estimate of drug-likeness (QED) is 0.273. The van der Waals surface area contributed by atoms with Crippen molar-refractivity contribution in [3.63, 3.8) is 0 Å². The largest absolute Gasteiger partial charge is 0.213 e. The van der Waals surface area contributed by atoms with Gasteiger partial charge in [0, 0.05) is 5.56 Å². The Bertz CT molecular complexity index is 1310. The van der Waals surface area contributed by atoms with Crippen molar-refractivity contribution in [2.45, 2.75) is 79.1 Å². The Labute approximate surface area is 211 Å². The van der Waals surface area contributed by atoms with Gasteiger partial charge in [-0.15, -0.1) is 0 Å². The van der Waals surface area contributed by atoms with Gasteiger partial charge in [0.05, 0.1) is 5.69 Å². The molecule has 3 aromatic carbocycles. The van der Waals surface area contributed by atoms with Gasteiger partial charge in [0.1, 0.15) is 5.82 Å². The minimum absolute atomic E-state index is 0.0307. The molecule has 0 aliphatic rings. The summed E-state index contributed by atoms with van der Waals surface area (Å²) < 4.78 is 2.07. The fourth-order valence-electron chi connectivity index (χ4n) is 4.64. The van der Waals surface area contributed by atoms with Crippen LogP contribution in [0.3, 0.4) is 0 Å². The van der Waals surface area contributed by atoms with Crippen molar-refractivity contribution in [3.05, 3.63) is 89.2 Å². The molecule has 35 heavy (non-hydrogen) atoms. The first-order valence-electron chi connectivity index (χ1n) is 12.9. The molecule has 182 valence electrons. The van der Waals surface area contributed by atoms with Gasteiger partial charge in [-0.05, 0) is 70.5 Å². The average Bonchev–Trinajstić information content (AvgIpc) is 3.24. The third kappa shape index (κ3) is 4.96. The van der Waals surface area contributed by atoms with Crippen LogP contribution in [0.2, 0.25) is 0 Å². The zero-order valence-electron chi connectivity index (χ0n) is 22.6. The lowest BCUT2D eigenvalue weighted by molar-refractivity contribution is 0.506. The first-order chi connectivity index (χ1) is 16.6. The van der Waals surface area contributed by atoms with E-state index in [2.05, 4.69) is 120 Å². The maximum atomic E-state index is 4.97. The van der Waals surface area contributed by atoms with Crippen LogP contribution < -0.4 is 0 Å². The zero-order valence-corrected chi connectivity index (χ0v) is 22.6. The summed E-state index contributed by atoms with van der Waals surface area (Å²) in [5.74, 6) is 2.53. The van der Waals surface area contributed by atoms with E-state index in [1.165, 1.54) is 33.4 Å². The molecule has 0 amide bonds. The molecule has 1 heterocycles. The number of aryl methyl sites for hydroxylation is 1. The topological polar surface area (TPSA) is 30.7 Å². The molecule has 1 aromatic heterocycles. The van der Waals surface area contributed by atoms with Crippen LogP contribution in [-0.2, 0) is 5.41 Å². The summed E-state index contributed by atoms with van der Waals surface area (Å²) in [6.45, 7) is 17.9. The second-order valence-corrected chi connectivity index (χ2v) is 10.9. The second-order valence-electron chi connectivity index (χ2n) is 10.9. The molecule has 0 unspecified atom stereocenters. The molecule has 0 N–H and O–H groups in total. The van der Waals surface area contributed by atoms with Gasteiger partial charge in [0.25, 0.3) is 0 Å². The molecule has 4 rings (SSSR count). The minimum atomic E-state index is 0.0307. The summed E-state index contributed by atoms with van der Waals surface area (Å²) in [5.41, 5.74) is 8.73. The van der Waals surface area contributed by atoms with Crippen molar-refractivity contribution in [1.29, 1.82) is 0 Å². The summed E-state index contributed by atoms with van der Waals surface area (Å²) in [6, 6.07) is 24.2. The fraction of sp³-hybridized carbons (Fsp3) is 0.375.